The van der Waals surface area contributed by atoms with Crippen LogP contribution in [0.1, 0.15) is 24.9 Å². The number of hydrogen-bond donors (Lipinski definition) is 1. The fourth-order valence-corrected chi connectivity index (χ4v) is 4.76. The summed E-state index contributed by atoms with van der Waals surface area (Å²) in [4.78, 5) is 13.8. The summed E-state index contributed by atoms with van der Waals surface area (Å²) in [6, 6.07) is 7.45. The molecule has 0 spiro atoms. The topological polar surface area (TPSA) is 71.1 Å². The van der Waals surface area contributed by atoms with E-state index in [1.807, 2.05) is 36.5 Å². The first kappa shape index (κ1) is 17.2. The van der Waals surface area contributed by atoms with E-state index in [0.717, 1.165) is 5.56 Å². The lowest BCUT2D eigenvalue weighted by atomic mass is 10.1. The molecule has 0 radical (unpaired) electrons. The van der Waals surface area contributed by atoms with Gasteiger partial charge in [0.25, 0.3) is 5.91 Å². The van der Waals surface area contributed by atoms with Crippen molar-refractivity contribution in [3.8, 4) is 0 Å². The maximum atomic E-state index is 12.2. The Balaban J connectivity index is 1.89. The van der Waals surface area contributed by atoms with Gasteiger partial charge in [-0.15, -0.1) is 0 Å². The van der Waals surface area contributed by atoms with Crippen molar-refractivity contribution in [2.45, 2.75) is 25.4 Å². The zero-order chi connectivity index (χ0) is 16.3. The highest BCUT2D eigenvalue weighted by atomic mass is 35.5. The molecule has 1 saturated heterocycles. The van der Waals surface area contributed by atoms with E-state index in [1.54, 1.807) is 11.9 Å². The summed E-state index contributed by atoms with van der Waals surface area (Å²) >= 11 is 6.15. The fraction of sp³-hybridized carbons (Fsp3) is 0.533. The lowest BCUT2D eigenvalue weighted by Crippen LogP contribution is -2.87. The van der Waals surface area contributed by atoms with Crippen LogP contribution in [0, 0.1) is 0 Å². The number of nitrogens with two attached hydrogens (primary N) is 1. The zero-order valence-electron chi connectivity index (χ0n) is 12.8. The second kappa shape index (κ2) is 6.98. The molecule has 7 heteroatoms. The molecule has 2 rings (SSSR count). The van der Waals surface area contributed by atoms with Crippen molar-refractivity contribution in [1.82, 2.24) is 4.90 Å². The summed E-state index contributed by atoms with van der Waals surface area (Å²) in [5, 5.41) is 2.61. The maximum absolute atomic E-state index is 12.2. The molecule has 1 fully saturated rings. The van der Waals surface area contributed by atoms with Crippen LogP contribution in [0.15, 0.2) is 24.3 Å². The molecule has 1 aliphatic rings. The van der Waals surface area contributed by atoms with Crippen molar-refractivity contribution < 1.29 is 18.5 Å². The number of likely N-dealkylation sites (N-methyl/N-ethyl adjacent to an activating group) is 1. The Morgan fingerprint density at radius 1 is 1.45 bits per heavy atom. The third-order valence-electron chi connectivity index (χ3n) is 4.19. The number of amides is 1. The summed E-state index contributed by atoms with van der Waals surface area (Å²) in [6.07, 6.45) is 0.532. The van der Waals surface area contributed by atoms with Crippen LogP contribution in [0.3, 0.4) is 0 Å². The average molecular weight is 346 g/mol. The molecule has 0 unspecified atom stereocenters. The molecule has 122 valence electrons. The van der Waals surface area contributed by atoms with Gasteiger partial charge < -0.3 is 10.2 Å². The van der Waals surface area contributed by atoms with E-state index in [-0.39, 0.29) is 36.0 Å². The van der Waals surface area contributed by atoms with Gasteiger partial charge in [-0.05, 0) is 19.4 Å². The van der Waals surface area contributed by atoms with Gasteiger partial charge in [-0.1, -0.05) is 29.8 Å². The highest BCUT2D eigenvalue weighted by Gasteiger charge is 2.33. The first-order valence-electron chi connectivity index (χ1n) is 7.34. The van der Waals surface area contributed by atoms with Crippen molar-refractivity contribution in [3.63, 3.8) is 0 Å². The summed E-state index contributed by atoms with van der Waals surface area (Å²) in [5.74, 6) is 0.200. The van der Waals surface area contributed by atoms with E-state index in [4.69, 9.17) is 11.6 Å². The molecule has 5 nitrogen and oxygen atoms in total. The molecule has 1 aliphatic heterocycles. The van der Waals surface area contributed by atoms with Crippen molar-refractivity contribution >= 4 is 27.3 Å². The SMILES string of the molecule is C[C@@H]([NH2+]CC(=O)N(C)[C@H]1CCS(=O)(=O)C1)c1ccccc1Cl. The first-order chi connectivity index (χ1) is 10.3. The van der Waals surface area contributed by atoms with E-state index in [9.17, 15) is 13.2 Å². The second-order valence-electron chi connectivity index (χ2n) is 5.81. The van der Waals surface area contributed by atoms with Gasteiger partial charge in [0.2, 0.25) is 0 Å². The number of rotatable bonds is 5. The van der Waals surface area contributed by atoms with Gasteiger partial charge in [-0.25, -0.2) is 8.42 Å². The Labute approximate surface area is 136 Å². The lowest BCUT2D eigenvalue weighted by molar-refractivity contribution is -0.683. The third kappa shape index (κ3) is 4.21. The van der Waals surface area contributed by atoms with Crippen LogP contribution in [0.5, 0.6) is 0 Å². The van der Waals surface area contributed by atoms with Crippen LogP contribution in [-0.4, -0.2) is 50.4 Å². The number of nitrogens with zero attached hydrogens (tertiary/aromatic N) is 1. The minimum absolute atomic E-state index is 0.0546. The lowest BCUT2D eigenvalue weighted by Gasteiger charge is -2.23. The summed E-state index contributed by atoms with van der Waals surface area (Å²) in [6.45, 7) is 2.27. The number of quaternary nitrogens is 1. The zero-order valence-corrected chi connectivity index (χ0v) is 14.4. The van der Waals surface area contributed by atoms with Crippen molar-refractivity contribution in [2.24, 2.45) is 0 Å². The molecule has 0 saturated carbocycles. The Morgan fingerprint density at radius 3 is 2.73 bits per heavy atom. The molecule has 0 aromatic heterocycles. The Morgan fingerprint density at radius 2 is 2.14 bits per heavy atom. The van der Waals surface area contributed by atoms with E-state index in [2.05, 4.69) is 0 Å². The fourth-order valence-electron chi connectivity index (χ4n) is 2.68. The van der Waals surface area contributed by atoms with Crippen LogP contribution in [0.25, 0.3) is 0 Å². The molecular weight excluding hydrogens is 324 g/mol. The highest BCUT2D eigenvalue weighted by molar-refractivity contribution is 7.91. The number of sulfone groups is 1. The van der Waals surface area contributed by atoms with Gasteiger partial charge in [0.15, 0.2) is 16.4 Å². The van der Waals surface area contributed by atoms with Crippen LogP contribution in [0.4, 0.5) is 0 Å². The average Bonchev–Trinajstić information content (AvgIpc) is 2.84. The maximum Gasteiger partial charge on any atom is 0.277 e. The minimum Gasteiger partial charge on any atom is -0.337 e. The summed E-state index contributed by atoms with van der Waals surface area (Å²) in [7, 11) is -1.29. The van der Waals surface area contributed by atoms with Gasteiger partial charge >= 0.3 is 0 Å². The number of hydrogen-bond acceptors (Lipinski definition) is 3. The molecule has 2 atom stereocenters. The second-order valence-corrected chi connectivity index (χ2v) is 8.45. The third-order valence-corrected chi connectivity index (χ3v) is 6.29. The van der Waals surface area contributed by atoms with Gasteiger partial charge in [0, 0.05) is 23.7 Å². The van der Waals surface area contributed by atoms with Crippen LogP contribution < -0.4 is 5.32 Å². The summed E-state index contributed by atoms with van der Waals surface area (Å²) < 4.78 is 23.0. The van der Waals surface area contributed by atoms with Crippen LogP contribution in [-0.2, 0) is 14.6 Å². The Kier molecular flexibility index (Phi) is 5.47. The molecule has 1 aromatic carbocycles. The highest BCUT2D eigenvalue weighted by Crippen LogP contribution is 2.19. The molecule has 1 heterocycles. The molecule has 0 aliphatic carbocycles. The Bertz CT molecular complexity index is 648. The number of benzene rings is 1. The normalized spacial score (nSPS) is 21.5. The van der Waals surface area contributed by atoms with E-state index in [0.29, 0.717) is 11.4 Å². The van der Waals surface area contributed by atoms with Gasteiger partial charge in [-0.3, -0.25) is 4.79 Å². The van der Waals surface area contributed by atoms with Crippen LogP contribution in [0.2, 0.25) is 5.02 Å². The Hall–Kier alpha value is -1.11. The number of carbonyl (C=O) groups is 1. The van der Waals surface area contributed by atoms with Crippen molar-refractivity contribution in [2.75, 3.05) is 25.1 Å². The molecule has 2 N–H and O–H groups in total. The first-order valence-corrected chi connectivity index (χ1v) is 9.54. The quantitative estimate of drug-likeness (QED) is 0.850. The summed E-state index contributed by atoms with van der Waals surface area (Å²) in [5.41, 5.74) is 0.989. The van der Waals surface area contributed by atoms with Crippen molar-refractivity contribution in [1.29, 1.82) is 0 Å². The van der Waals surface area contributed by atoms with E-state index in [1.165, 1.54) is 0 Å². The van der Waals surface area contributed by atoms with E-state index < -0.39 is 9.84 Å². The van der Waals surface area contributed by atoms with Gasteiger partial charge in [0.05, 0.1) is 11.5 Å². The monoisotopic (exact) mass is 345 g/mol. The number of halogens is 1. The van der Waals surface area contributed by atoms with Crippen LogP contribution >= 0.6 is 11.6 Å². The van der Waals surface area contributed by atoms with E-state index >= 15 is 0 Å². The standard InChI is InChI=1S/C15H21ClN2O3S/c1-11(13-5-3-4-6-14(13)16)17-9-15(19)18(2)12-7-8-22(20,21)10-12/h3-6,11-12,17H,7-10H2,1-2H3/p+1/t11-,12+/m1/s1. The molecule has 1 aromatic rings. The number of carbonyl (C=O) groups excluding carboxylic acids is 1. The smallest absolute Gasteiger partial charge is 0.277 e. The van der Waals surface area contributed by atoms with Gasteiger partial charge in [-0.2, -0.15) is 0 Å². The largest absolute Gasteiger partial charge is 0.337 e. The molecule has 22 heavy (non-hydrogen) atoms. The molecular formula is C15H22ClN2O3S+. The predicted octanol–water partition coefficient (Wildman–Crippen LogP) is 0.610. The molecule has 0 bridgehead atoms. The minimum atomic E-state index is -2.98. The van der Waals surface area contributed by atoms with Gasteiger partial charge in [0.1, 0.15) is 6.04 Å². The predicted molar refractivity (Wildman–Crippen MR) is 86.5 cm³/mol. The molecule has 1 amide bonds. The van der Waals surface area contributed by atoms with Crippen molar-refractivity contribution in [3.05, 3.63) is 34.9 Å².